The molecule has 2 aromatic carbocycles. The number of nitrogens with zero attached hydrogens (tertiary/aromatic N) is 2. The maximum Gasteiger partial charge on any atom is 0.261 e. The number of hydrogen-bond acceptors (Lipinski definition) is 4. The maximum atomic E-state index is 12.8. The summed E-state index contributed by atoms with van der Waals surface area (Å²) in [5.74, 6) is -0.907. The van der Waals surface area contributed by atoms with E-state index in [4.69, 9.17) is 0 Å². The second-order valence-corrected chi connectivity index (χ2v) is 8.11. The van der Waals surface area contributed by atoms with Crippen molar-refractivity contribution < 1.29 is 18.0 Å². The standard InChI is InChI=1S/C18H18N2O4S/c1-12-6-4-5-7-13(12)11-19(2)25(23,24)14-8-9-15-16(10-14)18(22)20(3)17(15)21/h4-10H,11H2,1-3H3. The number of fused-ring (bicyclic) bond motifs is 1. The molecule has 6 nitrogen and oxygen atoms in total. The molecule has 3 rings (SSSR count). The number of imide groups is 1. The second-order valence-electron chi connectivity index (χ2n) is 6.06. The average Bonchev–Trinajstić information content (AvgIpc) is 2.81. The summed E-state index contributed by atoms with van der Waals surface area (Å²) in [6.07, 6.45) is 0. The van der Waals surface area contributed by atoms with Crippen LogP contribution in [0.5, 0.6) is 0 Å². The van der Waals surface area contributed by atoms with E-state index in [1.54, 1.807) is 0 Å². The quantitative estimate of drug-likeness (QED) is 0.784. The summed E-state index contributed by atoms with van der Waals surface area (Å²) in [7, 11) is -0.910. The largest absolute Gasteiger partial charge is 0.277 e. The van der Waals surface area contributed by atoms with Crippen LogP contribution in [0.2, 0.25) is 0 Å². The van der Waals surface area contributed by atoms with Crippen molar-refractivity contribution in [3.63, 3.8) is 0 Å². The lowest BCUT2D eigenvalue weighted by atomic mass is 10.1. The van der Waals surface area contributed by atoms with Crippen molar-refractivity contribution in [2.75, 3.05) is 14.1 Å². The normalized spacial score (nSPS) is 14.3. The first-order chi connectivity index (χ1) is 11.7. The third-order valence-corrected chi connectivity index (χ3v) is 6.22. The van der Waals surface area contributed by atoms with Crippen LogP contribution in [0.4, 0.5) is 0 Å². The van der Waals surface area contributed by atoms with Crippen molar-refractivity contribution in [3.8, 4) is 0 Å². The fraction of sp³-hybridized carbons (Fsp3) is 0.222. The van der Waals surface area contributed by atoms with Gasteiger partial charge in [0, 0.05) is 20.6 Å². The Kier molecular flexibility index (Phi) is 4.22. The highest BCUT2D eigenvalue weighted by Crippen LogP contribution is 2.26. The molecule has 2 aromatic rings. The Bertz CT molecular complexity index is 982. The smallest absolute Gasteiger partial charge is 0.261 e. The van der Waals surface area contributed by atoms with Crippen molar-refractivity contribution in [1.82, 2.24) is 9.21 Å². The van der Waals surface area contributed by atoms with Crippen LogP contribution in [-0.2, 0) is 16.6 Å². The minimum absolute atomic E-state index is 0.00113. The number of aryl methyl sites for hydroxylation is 1. The molecule has 0 saturated carbocycles. The van der Waals surface area contributed by atoms with Crippen LogP contribution in [0.15, 0.2) is 47.4 Å². The number of benzene rings is 2. The van der Waals surface area contributed by atoms with Gasteiger partial charge in [0.2, 0.25) is 10.0 Å². The van der Waals surface area contributed by atoms with E-state index in [0.29, 0.717) is 0 Å². The molecule has 7 heteroatoms. The molecule has 2 amide bonds. The number of hydrogen-bond donors (Lipinski definition) is 0. The molecule has 25 heavy (non-hydrogen) atoms. The van der Waals surface area contributed by atoms with Crippen molar-refractivity contribution in [3.05, 3.63) is 64.7 Å². The van der Waals surface area contributed by atoms with E-state index in [2.05, 4.69) is 0 Å². The Morgan fingerprint density at radius 1 is 1.00 bits per heavy atom. The molecule has 0 aromatic heterocycles. The molecule has 0 spiro atoms. The lowest BCUT2D eigenvalue weighted by Gasteiger charge is -2.18. The van der Waals surface area contributed by atoms with Gasteiger partial charge in [0.05, 0.1) is 16.0 Å². The van der Waals surface area contributed by atoms with Gasteiger partial charge >= 0.3 is 0 Å². The summed E-state index contributed by atoms with van der Waals surface area (Å²) in [4.78, 5) is 25.0. The molecule has 0 unspecified atom stereocenters. The fourth-order valence-electron chi connectivity index (χ4n) is 2.79. The topological polar surface area (TPSA) is 74.8 Å². The predicted octanol–water partition coefficient (Wildman–Crippen LogP) is 2.04. The number of carbonyl (C=O) groups excluding carboxylic acids is 2. The average molecular weight is 358 g/mol. The fourth-order valence-corrected chi connectivity index (χ4v) is 3.97. The lowest BCUT2D eigenvalue weighted by Crippen LogP contribution is -2.27. The van der Waals surface area contributed by atoms with Crippen LogP contribution < -0.4 is 0 Å². The highest BCUT2D eigenvalue weighted by Gasteiger charge is 2.34. The van der Waals surface area contributed by atoms with Crippen molar-refractivity contribution in [1.29, 1.82) is 0 Å². The zero-order valence-corrected chi connectivity index (χ0v) is 15.0. The Balaban J connectivity index is 1.95. The van der Waals surface area contributed by atoms with Gasteiger partial charge in [-0.25, -0.2) is 8.42 Å². The number of sulfonamides is 1. The monoisotopic (exact) mass is 358 g/mol. The van der Waals surface area contributed by atoms with E-state index >= 15 is 0 Å². The molecule has 0 fully saturated rings. The summed E-state index contributed by atoms with van der Waals surface area (Å²) in [6.45, 7) is 2.14. The predicted molar refractivity (Wildman–Crippen MR) is 92.7 cm³/mol. The zero-order valence-electron chi connectivity index (χ0n) is 14.2. The van der Waals surface area contributed by atoms with Crippen molar-refractivity contribution >= 4 is 21.8 Å². The van der Waals surface area contributed by atoms with Gasteiger partial charge in [-0.15, -0.1) is 0 Å². The van der Waals surface area contributed by atoms with E-state index < -0.39 is 21.8 Å². The third-order valence-electron chi connectivity index (χ3n) is 4.42. The van der Waals surface area contributed by atoms with Crippen molar-refractivity contribution in [2.24, 2.45) is 0 Å². The number of carbonyl (C=O) groups is 2. The first-order valence-electron chi connectivity index (χ1n) is 7.71. The SMILES string of the molecule is Cc1ccccc1CN(C)S(=O)(=O)c1ccc2c(c1)C(=O)N(C)C2=O. The van der Waals surface area contributed by atoms with Crippen LogP contribution in [0.25, 0.3) is 0 Å². The van der Waals surface area contributed by atoms with Crippen LogP contribution in [0.3, 0.4) is 0 Å². The minimum atomic E-state index is -3.78. The highest BCUT2D eigenvalue weighted by molar-refractivity contribution is 7.89. The first-order valence-corrected chi connectivity index (χ1v) is 9.15. The minimum Gasteiger partial charge on any atom is -0.277 e. The first kappa shape index (κ1) is 17.3. The summed E-state index contributed by atoms with van der Waals surface area (Å²) in [6, 6.07) is 11.6. The van der Waals surface area contributed by atoms with Gasteiger partial charge < -0.3 is 0 Å². The Hall–Kier alpha value is -2.51. The molecule has 1 aliphatic heterocycles. The lowest BCUT2D eigenvalue weighted by molar-refractivity contribution is 0.0693. The molecule has 1 aliphatic rings. The van der Waals surface area contributed by atoms with E-state index in [1.165, 1.54) is 36.6 Å². The second kappa shape index (κ2) is 6.09. The van der Waals surface area contributed by atoms with Gasteiger partial charge in [0.1, 0.15) is 0 Å². The van der Waals surface area contributed by atoms with Crippen LogP contribution in [0.1, 0.15) is 31.8 Å². The summed E-state index contributed by atoms with van der Waals surface area (Å²) in [5, 5.41) is 0. The molecule has 0 aliphatic carbocycles. The molecular formula is C18H18N2O4S. The van der Waals surface area contributed by atoms with Gasteiger partial charge in [0.25, 0.3) is 11.8 Å². The van der Waals surface area contributed by atoms with Gasteiger partial charge in [-0.05, 0) is 36.2 Å². The zero-order chi connectivity index (χ0) is 18.4. The molecule has 0 N–H and O–H groups in total. The van der Waals surface area contributed by atoms with E-state index in [1.807, 2.05) is 31.2 Å². The summed E-state index contributed by atoms with van der Waals surface area (Å²) < 4.78 is 26.9. The number of rotatable bonds is 4. The van der Waals surface area contributed by atoms with Gasteiger partial charge in [-0.1, -0.05) is 24.3 Å². The molecule has 0 bridgehead atoms. The molecular weight excluding hydrogens is 340 g/mol. The molecule has 0 atom stereocenters. The highest BCUT2D eigenvalue weighted by atomic mass is 32.2. The van der Waals surface area contributed by atoms with Crippen LogP contribution in [-0.4, -0.2) is 43.5 Å². The Morgan fingerprint density at radius 2 is 1.64 bits per heavy atom. The summed E-state index contributed by atoms with van der Waals surface area (Å²) >= 11 is 0. The maximum absolute atomic E-state index is 12.8. The summed E-state index contributed by atoms with van der Waals surface area (Å²) in [5.41, 5.74) is 2.26. The van der Waals surface area contributed by atoms with Gasteiger partial charge in [-0.2, -0.15) is 4.31 Å². The third kappa shape index (κ3) is 2.85. The molecule has 1 heterocycles. The van der Waals surface area contributed by atoms with Crippen LogP contribution in [0, 0.1) is 6.92 Å². The Morgan fingerprint density at radius 3 is 2.32 bits per heavy atom. The van der Waals surface area contributed by atoms with Crippen molar-refractivity contribution in [2.45, 2.75) is 18.4 Å². The van der Waals surface area contributed by atoms with E-state index in [0.717, 1.165) is 16.0 Å². The van der Waals surface area contributed by atoms with Gasteiger partial charge in [0.15, 0.2) is 0 Å². The molecule has 130 valence electrons. The molecule has 0 saturated heterocycles. The van der Waals surface area contributed by atoms with E-state index in [9.17, 15) is 18.0 Å². The molecule has 0 radical (unpaired) electrons. The van der Waals surface area contributed by atoms with Crippen LogP contribution >= 0.6 is 0 Å². The Labute approximate surface area is 146 Å². The van der Waals surface area contributed by atoms with Gasteiger partial charge in [-0.3, -0.25) is 14.5 Å². The van der Waals surface area contributed by atoms with E-state index in [-0.39, 0.29) is 22.6 Å². The number of amides is 2.